The van der Waals surface area contributed by atoms with Crippen molar-refractivity contribution in [2.45, 2.75) is 63.9 Å². The number of alkyl halides is 1. The fourth-order valence-electron chi connectivity index (χ4n) is 1.46. The van der Waals surface area contributed by atoms with E-state index in [1.165, 1.54) is 19.3 Å². The maximum Gasteiger partial charge on any atom is 0.0353 e. The lowest BCUT2D eigenvalue weighted by molar-refractivity contribution is 0.465. The first-order chi connectivity index (χ1) is 6.94. The van der Waals surface area contributed by atoms with E-state index in [0.29, 0.717) is 10.00 Å². The zero-order valence-corrected chi connectivity index (χ0v) is 13.1. The van der Waals surface area contributed by atoms with E-state index in [2.05, 4.69) is 34.6 Å². The molecule has 0 N–H and O–H groups in total. The average Bonchev–Trinajstić information content (AvgIpc) is 2.15. The minimum Gasteiger partial charge on any atom is -0.125 e. The van der Waals surface area contributed by atoms with Crippen molar-refractivity contribution in [3.05, 3.63) is 0 Å². The predicted octanol–water partition coefficient (Wildman–Crippen LogP) is 5.60. The first kappa shape index (κ1) is 16.0. The van der Waals surface area contributed by atoms with Gasteiger partial charge in [-0.15, -0.1) is 11.6 Å². The van der Waals surface area contributed by atoms with Crippen LogP contribution in [0, 0.1) is 5.92 Å². The number of hydrogen-bond acceptors (Lipinski definition) is 2. The third-order valence-corrected chi connectivity index (χ3v) is 6.72. The van der Waals surface area contributed by atoms with Crippen molar-refractivity contribution in [3.63, 3.8) is 0 Å². The highest BCUT2D eigenvalue weighted by molar-refractivity contribution is 8.77. The third kappa shape index (κ3) is 7.82. The monoisotopic (exact) mass is 268 g/mol. The topological polar surface area (TPSA) is 0 Å². The molecular formula is C12H25ClS2. The van der Waals surface area contributed by atoms with Crippen LogP contribution in [0.3, 0.4) is 0 Å². The highest BCUT2D eigenvalue weighted by atomic mass is 35.5. The zero-order valence-electron chi connectivity index (χ0n) is 10.7. The number of halogens is 1. The summed E-state index contributed by atoms with van der Waals surface area (Å²) < 4.78 is 0.333. The second kappa shape index (κ2) is 8.14. The maximum absolute atomic E-state index is 6.07. The molecule has 0 aromatic heterocycles. The van der Waals surface area contributed by atoms with Crippen molar-refractivity contribution in [1.82, 2.24) is 0 Å². The van der Waals surface area contributed by atoms with E-state index >= 15 is 0 Å². The van der Waals surface area contributed by atoms with E-state index in [1.54, 1.807) is 0 Å². The SMILES string of the molecule is CCCC(CC)C(CCl)SSC(C)(C)C. The summed E-state index contributed by atoms with van der Waals surface area (Å²) >= 11 is 6.07. The molecule has 15 heavy (non-hydrogen) atoms. The van der Waals surface area contributed by atoms with E-state index in [-0.39, 0.29) is 0 Å². The lowest BCUT2D eigenvalue weighted by Crippen LogP contribution is -2.19. The van der Waals surface area contributed by atoms with Gasteiger partial charge in [-0.25, -0.2) is 0 Å². The molecule has 0 aliphatic rings. The number of rotatable bonds is 7. The summed E-state index contributed by atoms with van der Waals surface area (Å²) in [5.41, 5.74) is 0. The Morgan fingerprint density at radius 3 is 2.13 bits per heavy atom. The lowest BCUT2D eigenvalue weighted by atomic mass is 9.98. The fourth-order valence-corrected chi connectivity index (χ4v) is 4.99. The van der Waals surface area contributed by atoms with Gasteiger partial charge in [-0.1, -0.05) is 69.0 Å². The molecule has 0 aromatic carbocycles. The van der Waals surface area contributed by atoms with Crippen LogP contribution in [0.1, 0.15) is 53.9 Å². The van der Waals surface area contributed by atoms with Crippen LogP contribution in [-0.2, 0) is 0 Å². The summed E-state index contributed by atoms with van der Waals surface area (Å²) in [6, 6.07) is 0. The second-order valence-electron chi connectivity index (χ2n) is 4.94. The van der Waals surface area contributed by atoms with Gasteiger partial charge in [0.15, 0.2) is 0 Å². The van der Waals surface area contributed by atoms with E-state index in [0.717, 1.165) is 11.8 Å². The van der Waals surface area contributed by atoms with E-state index < -0.39 is 0 Å². The van der Waals surface area contributed by atoms with Crippen LogP contribution < -0.4 is 0 Å². The van der Waals surface area contributed by atoms with Crippen molar-refractivity contribution >= 4 is 33.2 Å². The molecule has 0 bridgehead atoms. The molecule has 0 amide bonds. The van der Waals surface area contributed by atoms with Crippen molar-refractivity contribution < 1.29 is 0 Å². The first-order valence-corrected chi connectivity index (χ1v) is 8.59. The van der Waals surface area contributed by atoms with Gasteiger partial charge in [0.05, 0.1) is 0 Å². The van der Waals surface area contributed by atoms with Crippen LogP contribution in [0.2, 0.25) is 0 Å². The molecule has 0 spiro atoms. The van der Waals surface area contributed by atoms with Gasteiger partial charge in [0.25, 0.3) is 0 Å². The highest BCUT2D eigenvalue weighted by Crippen LogP contribution is 2.42. The van der Waals surface area contributed by atoms with Gasteiger partial charge in [0, 0.05) is 15.9 Å². The standard InChI is InChI=1S/C12H25ClS2/c1-6-8-10(7-2)11(9-13)14-15-12(3,4)5/h10-11H,6-9H2,1-5H3. The number of hydrogen-bond donors (Lipinski definition) is 0. The molecule has 0 aliphatic heterocycles. The van der Waals surface area contributed by atoms with Gasteiger partial charge in [0.2, 0.25) is 0 Å². The molecule has 0 radical (unpaired) electrons. The smallest absolute Gasteiger partial charge is 0.0353 e. The Hall–Kier alpha value is 0.990. The highest BCUT2D eigenvalue weighted by Gasteiger charge is 2.22. The van der Waals surface area contributed by atoms with Crippen LogP contribution in [0.15, 0.2) is 0 Å². The normalized spacial score (nSPS) is 16.4. The van der Waals surface area contributed by atoms with Crippen LogP contribution in [0.5, 0.6) is 0 Å². The minimum absolute atomic E-state index is 0.333. The van der Waals surface area contributed by atoms with Crippen molar-refractivity contribution in [3.8, 4) is 0 Å². The van der Waals surface area contributed by atoms with Gasteiger partial charge in [-0.05, 0) is 12.3 Å². The Labute approximate surface area is 109 Å². The lowest BCUT2D eigenvalue weighted by Gasteiger charge is -2.26. The average molecular weight is 269 g/mol. The maximum atomic E-state index is 6.07. The third-order valence-electron chi connectivity index (χ3n) is 2.28. The molecule has 0 heterocycles. The largest absolute Gasteiger partial charge is 0.125 e. The van der Waals surface area contributed by atoms with Gasteiger partial charge < -0.3 is 0 Å². The second-order valence-corrected chi connectivity index (χ2v) is 8.52. The molecule has 2 unspecified atom stereocenters. The molecule has 3 heteroatoms. The van der Waals surface area contributed by atoms with Gasteiger partial charge in [0.1, 0.15) is 0 Å². The molecule has 0 fully saturated rings. The summed E-state index contributed by atoms with van der Waals surface area (Å²) in [6.45, 7) is 11.3. The summed E-state index contributed by atoms with van der Waals surface area (Å²) in [6.07, 6.45) is 3.83. The van der Waals surface area contributed by atoms with Crippen LogP contribution in [0.25, 0.3) is 0 Å². The molecule has 2 atom stereocenters. The zero-order chi connectivity index (χ0) is 11.9. The molecular weight excluding hydrogens is 244 g/mol. The van der Waals surface area contributed by atoms with Gasteiger partial charge in [-0.2, -0.15) is 0 Å². The summed E-state index contributed by atoms with van der Waals surface area (Å²) in [5, 5.41) is 0.612. The molecule has 0 nitrogen and oxygen atoms in total. The van der Waals surface area contributed by atoms with E-state index in [4.69, 9.17) is 11.6 Å². The minimum atomic E-state index is 0.333. The van der Waals surface area contributed by atoms with Crippen LogP contribution in [-0.4, -0.2) is 15.9 Å². The Kier molecular flexibility index (Phi) is 8.67. The Morgan fingerprint density at radius 1 is 1.20 bits per heavy atom. The molecule has 0 aliphatic carbocycles. The molecule has 0 saturated carbocycles. The molecule has 0 rings (SSSR count). The van der Waals surface area contributed by atoms with Crippen molar-refractivity contribution in [2.75, 3.05) is 5.88 Å². The van der Waals surface area contributed by atoms with Gasteiger partial charge in [-0.3, -0.25) is 0 Å². The van der Waals surface area contributed by atoms with Crippen LogP contribution in [0.4, 0.5) is 0 Å². The fraction of sp³-hybridized carbons (Fsp3) is 1.00. The Balaban J connectivity index is 4.09. The summed E-state index contributed by atoms with van der Waals surface area (Å²) in [5.74, 6) is 1.57. The quantitative estimate of drug-likeness (QED) is 0.435. The summed E-state index contributed by atoms with van der Waals surface area (Å²) in [4.78, 5) is 0. The van der Waals surface area contributed by atoms with Crippen LogP contribution >= 0.6 is 33.2 Å². The Bertz CT molecular complexity index is 154. The molecule has 92 valence electrons. The van der Waals surface area contributed by atoms with Gasteiger partial charge >= 0.3 is 0 Å². The first-order valence-electron chi connectivity index (χ1n) is 5.85. The van der Waals surface area contributed by atoms with E-state index in [9.17, 15) is 0 Å². The predicted molar refractivity (Wildman–Crippen MR) is 78.1 cm³/mol. The molecule has 0 saturated heterocycles. The van der Waals surface area contributed by atoms with Crippen molar-refractivity contribution in [2.24, 2.45) is 5.92 Å². The van der Waals surface area contributed by atoms with E-state index in [1.807, 2.05) is 21.6 Å². The molecule has 0 aromatic rings. The van der Waals surface area contributed by atoms with Crippen molar-refractivity contribution in [1.29, 1.82) is 0 Å². The summed E-state index contributed by atoms with van der Waals surface area (Å²) in [7, 11) is 3.95. The Morgan fingerprint density at radius 2 is 1.80 bits per heavy atom.